The molecule has 1 aliphatic heterocycles. The van der Waals surface area contributed by atoms with Crippen LogP contribution in [-0.4, -0.2) is 24.3 Å². The highest BCUT2D eigenvalue weighted by atomic mass is 16.1. The average Bonchev–Trinajstić information content (AvgIpc) is 2.21. The molecule has 0 aromatic heterocycles. The summed E-state index contributed by atoms with van der Waals surface area (Å²) in [5.41, 5.74) is 0.904. The molecule has 0 spiro atoms. The maximum atomic E-state index is 10.8. The van der Waals surface area contributed by atoms with Crippen molar-refractivity contribution >= 4 is 6.29 Å². The normalized spacial score (nSPS) is 18.8. The van der Waals surface area contributed by atoms with Crippen LogP contribution in [0.15, 0.2) is 11.8 Å². The molecule has 1 rings (SSSR count). The second-order valence-corrected chi connectivity index (χ2v) is 3.58. The van der Waals surface area contributed by atoms with Crippen LogP contribution < -0.4 is 0 Å². The van der Waals surface area contributed by atoms with Crippen LogP contribution in [0.4, 0.5) is 0 Å². The maximum Gasteiger partial charge on any atom is 0.165 e. The van der Waals surface area contributed by atoms with Crippen molar-refractivity contribution in [1.29, 1.82) is 0 Å². The number of piperidine rings is 1. The minimum absolute atomic E-state index is 0.904. The van der Waals surface area contributed by atoms with Gasteiger partial charge in [0.2, 0.25) is 0 Å². The fourth-order valence-electron chi connectivity index (χ4n) is 1.70. The van der Waals surface area contributed by atoms with Gasteiger partial charge in [0.25, 0.3) is 0 Å². The summed E-state index contributed by atoms with van der Waals surface area (Å²) in [4.78, 5) is 13.0. The molecule has 0 aliphatic carbocycles. The van der Waals surface area contributed by atoms with E-state index in [1.165, 1.54) is 19.3 Å². The predicted molar refractivity (Wildman–Crippen MR) is 54.5 cm³/mol. The summed E-state index contributed by atoms with van der Waals surface area (Å²) < 4.78 is 0. The van der Waals surface area contributed by atoms with E-state index in [1.54, 1.807) is 0 Å². The minimum atomic E-state index is 0.904. The number of carbonyl (C=O) groups is 1. The van der Waals surface area contributed by atoms with Crippen molar-refractivity contribution in [2.24, 2.45) is 0 Å². The first-order chi connectivity index (χ1) is 6.38. The lowest BCUT2D eigenvalue weighted by Gasteiger charge is -2.28. The first-order valence-electron chi connectivity index (χ1n) is 5.28. The van der Waals surface area contributed by atoms with Gasteiger partial charge in [0.15, 0.2) is 6.29 Å². The Morgan fingerprint density at radius 2 is 2.00 bits per heavy atom. The highest BCUT2D eigenvalue weighted by Crippen LogP contribution is 2.13. The molecule has 0 unspecified atom stereocenters. The van der Waals surface area contributed by atoms with E-state index in [4.69, 9.17) is 0 Å². The zero-order chi connectivity index (χ0) is 9.52. The van der Waals surface area contributed by atoms with Crippen LogP contribution in [0.5, 0.6) is 0 Å². The quantitative estimate of drug-likeness (QED) is 0.490. The third kappa shape index (κ3) is 3.21. The van der Waals surface area contributed by atoms with E-state index < -0.39 is 0 Å². The largest absolute Gasteiger partial charge is 0.369 e. The molecule has 0 bridgehead atoms. The Bertz CT molecular complexity index is 181. The first kappa shape index (κ1) is 10.3. The average molecular weight is 181 g/mol. The number of likely N-dealkylation sites (tertiary alicyclic amines) is 1. The maximum absolute atomic E-state index is 10.8. The predicted octanol–water partition coefficient (Wildman–Crippen LogP) is 2.36. The number of hydrogen-bond donors (Lipinski definition) is 0. The molecule has 1 fully saturated rings. The number of nitrogens with zero attached hydrogens (tertiary/aromatic N) is 1. The molecule has 1 saturated heterocycles. The van der Waals surface area contributed by atoms with Crippen molar-refractivity contribution in [2.45, 2.75) is 39.0 Å². The van der Waals surface area contributed by atoms with E-state index in [2.05, 4.69) is 17.9 Å². The topological polar surface area (TPSA) is 20.3 Å². The molecule has 0 amide bonds. The molecule has 0 atom stereocenters. The second-order valence-electron chi connectivity index (χ2n) is 3.58. The van der Waals surface area contributed by atoms with Gasteiger partial charge >= 0.3 is 0 Å². The van der Waals surface area contributed by atoms with Crippen molar-refractivity contribution in [3.8, 4) is 0 Å². The van der Waals surface area contributed by atoms with Crippen LogP contribution in [0, 0.1) is 0 Å². The molecule has 74 valence electrons. The Kier molecular flexibility index (Phi) is 4.58. The lowest BCUT2D eigenvalue weighted by Crippen LogP contribution is -2.29. The molecule has 0 radical (unpaired) electrons. The Morgan fingerprint density at radius 1 is 1.31 bits per heavy atom. The van der Waals surface area contributed by atoms with Crippen LogP contribution in [0.3, 0.4) is 0 Å². The van der Waals surface area contributed by atoms with Gasteiger partial charge in [-0.3, -0.25) is 4.79 Å². The number of aldehydes is 1. The van der Waals surface area contributed by atoms with Gasteiger partial charge in [-0.25, -0.2) is 0 Å². The first-order valence-corrected chi connectivity index (χ1v) is 5.28. The van der Waals surface area contributed by atoms with Crippen LogP contribution in [0.1, 0.15) is 39.0 Å². The number of hydrogen-bond acceptors (Lipinski definition) is 2. The zero-order valence-electron chi connectivity index (χ0n) is 8.46. The van der Waals surface area contributed by atoms with Crippen LogP contribution in [0.25, 0.3) is 0 Å². The summed E-state index contributed by atoms with van der Waals surface area (Å²) >= 11 is 0. The van der Waals surface area contributed by atoms with Gasteiger partial charge in [-0.2, -0.15) is 0 Å². The molecule has 0 N–H and O–H groups in total. The van der Waals surface area contributed by atoms with Crippen LogP contribution in [-0.2, 0) is 4.79 Å². The molecule has 2 nitrogen and oxygen atoms in total. The fraction of sp³-hybridized carbons (Fsp3) is 0.727. The van der Waals surface area contributed by atoms with Gasteiger partial charge in [-0.05, 0) is 25.7 Å². The van der Waals surface area contributed by atoms with E-state index in [0.717, 1.165) is 37.9 Å². The Morgan fingerprint density at radius 3 is 2.54 bits per heavy atom. The van der Waals surface area contributed by atoms with E-state index in [9.17, 15) is 4.79 Å². The van der Waals surface area contributed by atoms with Crippen molar-refractivity contribution in [3.05, 3.63) is 11.8 Å². The van der Waals surface area contributed by atoms with Crippen molar-refractivity contribution in [3.63, 3.8) is 0 Å². The highest BCUT2D eigenvalue weighted by Gasteiger charge is 2.11. The van der Waals surface area contributed by atoms with Crippen LogP contribution >= 0.6 is 0 Å². The van der Waals surface area contributed by atoms with Gasteiger partial charge in [-0.1, -0.05) is 19.4 Å². The minimum Gasteiger partial charge on any atom is -0.369 e. The lowest BCUT2D eigenvalue weighted by atomic mass is 10.1. The monoisotopic (exact) mass is 181 g/mol. The summed E-state index contributed by atoms with van der Waals surface area (Å²) in [7, 11) is 0. The summed E-state index contributed by atoms with van der Waals surface area (Å²) in [6.45, 7) is 4.26. The van der Waals surface area contributed by atoms with E-state index >= 15 is 0 Å². The molecule has 1 heterocycles. The molecule has 2 heteroatoms. The van der Waals surface area contributed by atoms with Gasteiger partial charge in [0.1, 0.15) is 0 Å². The number of allylic oxidation sites excluding steroid dienone is 2. The highest BCUT2D eigenvalue weighted by molar-refractivity contribution is 5.72. The number of rotatable bonds is 4. The molecule has 1 aliphatic rings. The zero-order valence-corrected chi connectivity index (χ0v) is 8.46. The summed E-state index contributed by atoms with van der Waals surface area (Å²) in [5.74, 6) is 0. The van der Waals surface area contributed by atoms with E-state index in [-0.39, 0.29) is 0 Å². The van der Waals surface area contributed by atoms with Crippen molar-refractivity contribution < 1.29 is 4.79 Å². The molecule has 13 heavy (non-hydrogen) atoms. The van der Waals surface area contributed by atoms with Crippen molar-refractivity contribution in [2.75, 3.05) is 13.1 Å². The van der Waals surface area contributed by atoms with E-state index in [1.807, 2.05) is 0 Å². The molecule has 0 saturated carbocycles. The van der Waals surface area contributed by atoms with Gasteiger partial charge in [0, 0.05) is 13.1 Å². The van der Waals surface area contributed by atoms with Crippen LogP contribution in [0.2, 0.25) is 0 Å². The fourth-order valence-corrected chi connectivity index (χ4v) is 1.70. The number of carbonyl (C=O) groups excluding carboxylic acids is 1. The lowest BCUT2D eigenvalue weighted by molar-refractivity contribution is -0.106. The van der Waals surface area contributed by atoms with Gasteiger partial charge in [0.05, 0.1) is 5.70 Å². The third-order valence-electron chi connectivity index (χ3n) is 2.48. The summed E-state index contributed by atoms with van der Waals surface area (Å²) in [6, 6.07) is 0. The standard InChI is InChI=1S/C11H19NO/c1-2-3-7-11(10-13)12-8-5-4-6-9-12/h7,10H,2-6,8-9H2,1H3. The Balaban J connectivity index is 2.48. The SMILES string of the molecule is CCCC=C(C=O)N1CCCCC1. The molecular formula is C11H19NO. The molecule has 0 aromatic carbocycles. The third-order valence-corrected chi connectivity index (χ3v) is 2.48. The smallest absolute Gasteiger partial charge is 0.165 e. The Hall–Kier alpha value is -0.790. The number of unbranched alkanes of at least 4 members (excludes halogenated alkanes) is 1. The van der Waals surface area contributed by atoms with E-state index in [0.29, 0.717) is 0 Å². The van der Waals surface area contributed by atoms with Gasteiger partial charge in [-0.15, -0.1) is 0 Å². The molecule has 0 aromatic rings. The summed E-state index contributed by atoms with van der Waals surface area (Å²) in [6.07, 6.45) is 8.99. The Labute approximate surface area is 80.6 Å². The van der Waals surface area contributed by atoms with Crippen molar-refractivity contribution in [1.82, 2.24) is 4.90 Å². The van der Waals surface area contributed by atoms with Gasteiger partial charge < -0.3 is 4.90 Å². The molecular weight excluding hydrogens is 162 g/mol. The summed E-state index contributed by atoms with van der Waals surface area (Å²) in [5, 5.41) is 0. The second kappa shape index (κ2) is 5.79.